The number of hydrogen-bond acceptors (Lipinski definition) is 5. The standard InChI is InChI=1S/C16H24N2O5S/c1-23-11-2-12-24(21,22)18-9-7-17(8-10-18)13-14-3-5-15(6-4-14)16(19)20/h3-6H,2,7-13H2,1H3,(H,19,20). The van der Waals surface area contributed by atoms with E-state index < -0.39 is 16.0 Å². The van der Waals surface area contributed by atoms with Crippen molar-refractivity contribution in [2.45, 2.75) is 13.0 Å². The number of sulfonamides is 1. The molecule has 0 aliphatic carbocycles. The van der Waals surface area contributed by atoms with Gasteiger partial charge in [0.15, 0.2) is 0 Å². The first-order chi connectivity index (χ1) is 11.4. The van der Waals surface area contributed by atoms with E-state index in [9.17, 15) is 13.2 Å². The molecular weight excluding hydrogens is 332 g/mol. The van der Waals surface area contributed by atoms with Gasteiger partial charge in [-0.25, -0.2) is 13.2 Å². The Kier molecular flexibility index (Phi) is 6.73. The van der Waals surface area contributed by atoms with E-state index in [-0.39, 0.29) is 11.3 Å². The molecule has 134 valence electrons. The molecule has 1 N–H and O–H groups in total. The summed E-state index contributed by atoms with van der Waals surface area (Å²) in [5.41, 5.74) is 1.29. The number of methoxy groups -OCH3 is 1. The van der Waals surface area contributed by atoms with E-state index in [0.29, 0.717) is 45.8 Å². The second kappa shape index (κ2) is 8.57. The van der Waals surface area contributed by atoms with Crippen LogP contribution in [0.1, 0.15) is 22.3 Å². The Labute approximate surface area is 142 Å². The van der Waals surface area contributed by atoms with E-state index in [1.54, 1.807) is 35.7 Å². The molecule has 1 heterocycles. The van der Waals surface area contributed by atoms with Crippen molar-refractivity contribution < 1.29 is 23.1 Å². The first kappa shape index (κ1) is 18.9. The maximum atomic E-state index is 12.2. The summed E-state index contributed by atoms with van der Waals surface area (Å²) >= 11 is 0. The third kappa shape index (κ3) is 5.27. The SMILES string of the molecule is COCCCS(=O)(=O)N1CCN(Cc2ccc(C(=O)O)cc2)CC1. The van der Waals surface area contributed by atoms with Crippen LogP contribution in [0.4, 0.5) is 0 Å². The predicted octanol–water partition coefficient (Wildman–Crippen LogP) is 0.869. The number of piperazine rings is 1. The Balaban J connectivity index is 1.83. The molecule has 7 nitrogen and oxygen atoms in total. The minimum atomic E-state index is -3.21. The van der Waals surface area contributed by atoms with Crippen LogP contribution in [0.3, 0.4) is 0 Å². The molecule has 0 aromatic heterocycles. The summed E-state index contributed by atoms with van der Waals surface area (Å²) in [4.78, 5) is 13.0. The van der Waals surface area contributed by atoms with Gasteiger partial charge in [-0.1, -0.05) is 12.1 Å². The molecule has 1 aliphatic heterocycles. The number of aromatic carboxylic acids is 1. The Morgan fingerprint density at radius 2 is 1.79 bits per heavy atom. The van der Waals surface area contributed by atoms with Crippen LogP contribution in [0.15, 0.2) is 24.3 Å². The lowest BCUT2D eigenvalue weighted by Gasteiger charge is -2.34. The lowest BCUT2D eigenvalue weighted by atomic mass is 10.1. The zero-order valence-corrected chi connectivity index (χ0v) is 14.7. The first-order valence-corrected chi connectivity index (χ1v) is 9.54. The Hall–Kier alpha value is -1.48. The number of nitrogens with zero attached hydrogens (tertiary/aromatic N) is 2. The smallest absolute Gasteiger partial charge is 0.335 e. The number of hydrogen-bond donors (Lipinski definition) is 1. The summed E-state index contributed by atoms with van der Waals surface area (Å²) in [5, 5.41) is 8.90. The summed E-state index contributed by atoms with van der Waals surface area (Å²) in [6.07, 6.45) is 0.509. The largest absolute Gasteiger partial charge is 0.478 e. The van der Waals surface area contributed by atoms with Crippen LogP contribution in [-0.4, -0.2) is 74.3 Å². The number of carboxylic acid groups (broad SMARTS) is 1. The number of carbonyl (C=O) groups is 1. The Bertz CT molecular complexity index is 637. The quantitative estimate of drug-likeness (QED) is 0.696. The Morgan fingerprint density at radius 1 is 1.17 bits per heavy atom. The molecule has 0 radical (unpaired) electrons. The molecule has 24 heavy (non-hydrogen) atoms. The van der Waals surface area contributed by atoms with Gasteiger partial charge in [0.05, 0.1) is 11.3 Å². The zero-order valence-electron chi connectivity index (χ0n) is 13.8. The zero-order chi connectivity index (χ0) is 17.6. The fraction of sp³-hybridized carbons (Fsp3) is 0.562. The molecular formula is C16H24N2O5S. The highest BCUT2D eigenvalue weighted by Gasteiger charge is 2.26. The van der Waals surface area contributed by atoms with Gasteiger partial charge in [-0.15, -0.1) is 0 Å². The van der Waals surface area contributed by atoms with E-state index in [0.717, 1.165) is 5.56 Å². The third-order valence-electron chi connectivity index (χ3n) is 4.08. The van der Waals surface area contributed by atoms with Gasteiger partial charge in [-0.05, 0) is 24.1 Å². The maximum Gasteiger partial charge on any atom is 0.335 e. The number of ether oxygens (including phenoxy) is 1. The summed E-state index contributed by atoms with van der Waals surface area (Å²) < 4.78 is 30.9. The van der Waals surface area contributed by atoms with Crippen LogP contribution in [0, 0.1) is 0 Å². The van der Waals surface area contributed by atoms with Crippen LogP contribution < -0.4 is 0 Å². The fourth-order valence-corrected chi connectivity index (χ4v) is 4.15. The average molecular weight is 356 g/mol. The minimum absolute atomic E-state index is 0.123. The van der Waals surface area contributed by atoms with E-state index in [4.69, 9.17) is 9.84 Å². The van der Waals surface area contributed by atoms with Gasteiger partial charge in [0, 0.05) is 46.4 Å². The van der Waals surface area contributed by atoms with Crippen molar-refractivity contribution in [3.63, 3.8) is 0 Å². The van der Waals surface area contributed by atoms with Gasteiger partial charge in [0.2, 0.25) is 10.0 Å². The van der Waals surface area contributed by atoms with E-state index in [1.807, 2.05) is 0 Å². The highest BCUT2D eigenvalue weighted by molar-refractivity contribution is 7.89. The maximum absolute atomic E-state index is 12.2. The van der Waals surface area contributed by atoms with Gasteiger partial charge in [0.1, 0.15) is 0 Å². The molecule has 1 saturated heterocycles. The molecule has 0 saturated carbocycles. The van der Waals surface area contributed by atoms with Gasteiger partial charge in [-0.2, -0.15) is 4.31 Å². The molecule has 8 heteroatoms. The number of benzene rings is 1. The summed E-state index contributed by atoms with van der Waals surface area (Å²) in [7, 11) is -1.64. The molecule has 0 bridgehead atoms. The monoisotopic (exact) mass is 356 g/mol. The lowest BCUT2D eigenvalue weighted by Crippen LogP contribution is -2.48. The van der Waals surface area contributed by atoms with Crippen LogP contribution in [0.2, 0.25) is 0 Å². The van der Waals surface area contributed by atoms with E-state index >= 15 is 0 Å². The molecule has 1 aromatic rings. The molecule has 0 atom stereocenters. The van der Waals surface area contributed by atoms with Crippen LogP contribution >= 0.6 is 0 Å². The third-order valence-corrected chi connectivity index (χ3v) is 6.04. The molecule has 0 spiro atoms. The van der Waals surface area contributed by atoms with Crippen LogP contribution in [0.25, 0.3) is 0 Å². The highest BCUT2D eigenvalue weighted by Crippen LogP contribution is 2.13. The summed E-state index contributed by atoms with van der Waals surface area (Å²) in [5.74, 6) is -0.814. The van der Waals surface area contributed by atoms with Crippen molar-refractivity contribution in [1.82, 2.24) is 9.21 Å². The topological polar surface area (TPSA) is 87.2 Å². The average Bonchev–Trinajstić information content (AvgIpc) is 2.56. The predicted molar refractivity (Wildman–Crippen MR) is 90.5 cm³/mol. The van der Waals surface area contributed by atoms with E-state index in [2.05, 4.69) is 4.90 Å². The summed E-state index contributed by atoms with van der Waals surface area (Å²) in [6.45, 7) is 3.46. The summed E-state index contributed by atoms with van der Waals surface area (Å²) in [6, 6.07) is 6.79. The second-order valence-electron chi connectivity index (χ2n) is 5.84. The number of carboxylic acids is 1. The van der Waals surface area contributed by atoms with Crippen molar-refractivity contribution in [3.05, 3.63) is 35.4 Å². The molecule has 1 fully saturated rings. The first-order valence-electron chi connectivity index (χ1n) is 7.94. The molecule has 0 unspecified atom stereocenters. The second-order valence-corrected chi connectivity index (χ2v) is 7.93. The van der Waals surface area contributed by atoms with Crippen molar-refractivity contribution in [2.75, 3.05) is 45.6 Å². The van der Waals surface area contributed by atoms with Crippen molar-refractivity contribution in [3.8, 4) is 0 Å². The van der Waals surface area contributed by atoms with Gasteiger partial charge >= 0.3 is 5.97 Å². The fourth-order valence-electron chi connectivity index (χ4n) is 2.69. The Morgan fingerprint density at radius 3 is 2.33 bits per heavy atom. The van der Waals surface area contributed by atoms with Gasteiger partial charge < -0.3 is 9.84 Å². The molecule has 1 aromatic carbocycles. The van der Waals surface area contributed by atoms with Crippen LogP contribution in [0.5, 0.6) is 0 Å². The minimum Gasteiger partial charge on any atom is -0.478 e. The van der Waals surface area contributed by atoms with Crippen molar-refractivity contribution in [2.24, 2.45) is 0 Å². The normalized spacial score (nSPS) is 17.0. The number of rotatable bonds is 8. The van der Waals surface area contributed by atoms with Crippen molar-refractivity contribution in [1.29, 1.82) is 0 Å². The van der Waals surface area contributed by atoms with Gasteiger partial charge in [0.25, 0.3) is 0 Å². The van der Waals surface area contributed by atoms with Crippen LogP contribution in [-0.2, 0) is 21.3 Å². The molecule has 2 rings (SSSR count). The molecule has 1 aliphatic rings. The molecule has 0 amide bonds. The van der Waals surface area contributed by atoms with E-state index in [1.165, 1.54) is 0 Å². The highest BCUT2D eigenvalue weighted by atomic mass is 32.2. The van der Waals surface area contributed by atoms with Crippen molar-refractivity contribution >= 4 is 16.0 Å². The van der Waals surface area contributed by atoms with Gasteiger partial charge in [-0.3, -0.25) is 4.90 Å². The lowest BCUT2D eigenvalue weighted by molar-refractivity contribution is 0.0697.